The zero-order valence-electron chi connectivity index (χ0n) is 15.3. The van der Waals surface area contributed by atoms with Crippen molar-refractivity contribution in [2.75, 3.05) is 19.8 Å². The maximum absolute atomic E-state index is 13.2. The topological polar surface area (TPSA) is 64.8 Å². The highest BCUT2D eigenvalue weighted by atomic mass is 19.1. The van der Waals surface area contributed by atoms with Crippen LogP contribution in [0.15, 0.2) is 48.5 Å². The van der Waals surface area contributed by atoms with Crippen molar-refractivity contribution in [3.05, 3.63) is 65.5 Å². The number of ether oxygens (including phenoxy) is 2. The fourth-order valence-corrected chi connectivity index (χ4v) is 3.26. The summed E-state index contributed by atoms with van der Waals surface area (Å²) in [7, 11) is 0. The minimum absolute atomic E-state index is 0.140. The lowest BCUT2D eigenvalue weighted by atomic mass is 10.1. The number of hydrogen-bond acceptors (Lipinski definition) is 4. The molecule has 1 amide bonds. The molecule has 0 aliphatic carbocycles. The third-order valence-electron chi connectivity index (χ3n) is 4.49. The van der Waals surface area contributed by atoms with Gasteiger partial charge in [0, 0.05) is 26.2 Å². The molecular formula is C21H25FN2O3. The Morgan fingerprint density at radius 1 is 1.19 bits per heavy atom. The lowest BCUT2D eigenvalue weighted by Gasteiger charge is -2.25. The van der Waals surface area contributed by atoms with Crippen molar-refractivity contribution >= 4 is 5.91 Å². The number of nitrogens with zero attached hydrogens (tertiary/aromatic N) is 1. The molecule has 1 atom stereocenters. The SMILES string of the molecule is NC(=O)COc1cccc(CN(Cc2ccc(F)cc2)CC2CCCO2)c1. The van der Waals surface area contributed by atoms with Gasteiger partial charge in [0.15, 0.2) is 6.61 Å². The number of hydrogen-bond donors (Lipinski definition) is 1. The molecule has 5 nitrogen and oxygen atoms in total. The number of rotatable bonds is 9. The van der Waals surface area contributed by atoms with Crippen molar-refractivity contribution in [2.45, 2.75) is 32.0 Å². The van der Waals surface area contributed by atoms with E-state index in [2.05, 4.69) is 4.90 Å². The lowest BCUT2D eigenvalue weighted by Crippen LogP contribution is -2.31. The molecule has 0 bridgehead atoms. The molecular weight excluding hydrogens is 347 g/mol. The largest absolute Gasteiger partial charge is 0.484 e. The first kappa shape index (κ1) is 19.3. The van der Waals surface area contributed by atoms with Crippen molar-refractivity contribution in [2.24, 2.45) is 5.73 Å². The van der Waals surface area contributed by atoms with Gasteiger partial charge in [-0.25, -0.2) is 4.39 Å². The molecule has 2 aromatic carbocycles. The Hall–Kier alpha value is -2.44. The van der Waals surface area contributed by atoms with E-state index in [1.165, 1.54) is 12.1 Å². The predicted octanol–water partition coefficient (Wildman–Crippen LogP) is 2.87. The van der Waals surface area contributed by atoms with E-state index in [0.717, 1.165) is 37.1 Å². The Morgan fingerprint density at radius 3 is 2.67 bits per heavy atom. The Morgan fingerprint density at radius 2 is 1.96 bits per heavy atom. The maximum Gasteiger partial charge on any atom is 0.255 e. The van der Waals surface area contributed by atoms with Gasteiger partial charge in [0.05, 0.1) is 6.10 Å². The number of halogens is 1. The summed E-state index contributed by atoms with van der Waals surface area (Å²) in [5, 5.41) is 0. The second-order valence-corrected chi connectivity index (χ2v) is 6.83. The smallest absolute Gasteiger partial charge is 0.255 e. The fraction of sp³-hybridized carbons (Fsp3) is 0.381. The number of carbonyl (C=O) groups is 1. The Balaban J connectivity index is 1.68. The molecule has 27 heavy (non-hydrogen) atoms. The van der Waals surface area contributed by atoms with Crippen LogP contribution in [-0.4, -0.2) is 36.7 Å². The summed E-state index contributed by atoms with van der Waals surface area (Å²) in [6.07, 6.45) is 2.37. The van der Waals surface area contributed by atoms with Gasteiger partial charge in [-0.15, -0.1) is 0 Å². The van der Waals surface area contributed by atoms with Gasteiger partial charge >= 0.3 is 0 Å². The quantitative estimate of drug-likeness (QED) is 0.735. The molecule has 1 fully saturated rings. The Bertz CT molecular complexity index is 745. The normalized spacial score (nSPS) is 16.6. The number of benzene rings is 2. The molecule has 0 radical (unpaired) electrons. The molecule has 1 aliphatic rings. The number of primary amides is 1. The molecule has 3 rings (SSSR count). The van der Waals surface area contributed by atoms with Crippen LogP contribution in [0.3, 0.4) is 0 Å². The van der Waals surface area contributed by atoms with Crippen LogP contribution in [-0.2, 0) is 22.6 Å². The van der Waals surface area contributed by atoms with Crippen LogP contribution < -0.4 is 10.5 Å². The van der Waals surface area contributed by atoms with Crippen LogP contribution in [0, 0.1) is 5.82 Å². The van der Waals surface area contributed by atoms with Crippen molar-refractivity contribution in [3.63, 3.8) is 0 Å². The van der Waals surface area contributed by atoms with Gasteiger partial charge in [-0.1, -0.05) is 24.3 Å². The molecule has 1 unspecified atom stereocenters. The zero-order chi connectivity index (χ0) is 19.1. The van der Waals surface area contributed by atoms with Crippen molar-refractivity contribution in [1.82, 2.24) is 4.90 Å². The van der Waals surface area contributed by atoms with Crippen LogP contribution in [0.25, 0.3) is 0 Å². The van der Waals surface area contributed by atoms with Gasteiger partial charge in [0.2, 0.25) is 0 Å². The van der Waals surface area contributed by atoms with Crippen molar-refractivity contribution in [3.8, 4) is 5.75 Å². The average molecular weight is 372 g/mol. The summed E-state index contributed by atoms with van der Waals surface area (Å²) in [5.74, 6) is -0.120. The van der Waals surface area contributed by atoms with Gasteiger partial charge in [-0.05, 0) is 48.2 Å². The highest BCUT2D eigenvalue weighted by molar-refractivity contribution is 5.75. The van der Waals surface area contributed by atoms with Gasteiger partial charge in [-0.3, -0.25) is 9.69 Å². The van der Waals surface area contributed by atoms with Crippen LogP contribution in [0.2, 0.25) is 0 Å². The van der Waals surface area contributed by atoms with Gasteiger partial charge in [0.1, 0.15) is 11.6 Å². The van der Waals surface area contributed by atoms with E-state index in [0.29, 0.717) is 18.8 Å². The first-order chi connectivity index (χ1) is 13.1. The molecule has 1 heterocycles. The van der Waals surface area contributed by atoms with E-state index in [1.807, 2.05) is 30.3 Å². The Labute approximate surface area is 158 Å². The summed E-state index contributed by atoms with van der Waals surface area (Å²) in [5.41, 5.74) is 7.25. The molecule has 1 saturated heterocycles. The minimum atomic E-state index is -0.503. The van der Waals surface area contributed by atoms with Crippen molar-refractivity contribution < 1.29 is 18.7 Å². The predicted molar refractivity (Wildman–Crippen MR) is 101 cm³/mol. The first-order valence-corrected chi connectivity index (χ1v) is 9.17. The third-order valence-corrected chi connectivity index (χ3v) is 4.49. The highest BCUT2D eigenvalue weighted by Gasteiger charge is 2.20. The third kappa shape index (κ3) is 6.34. The average Bonchev–Trinajstić information content (AvgIpc) is 3.15. The molecule has 144 valence electrons. The van der Waals surface area contributed by atoms with Gasteiger partial charge < -0.3 is 15.2 Å². The molecule has 0 spiro atoms. The number of amides is 1. The minimum Gasteiger partial charge on any atom is -0.484 e. The summed E-state index contributed by atoms with van der Waals surface area (Å²) in [6, 6.07) is 14.2. The van der Waals surface area contributed by atoms with E-state index in [-0.39, 0.29) is 18.5 Å². The monoisotopic (exact) mass is 372 g/mol. The highest BCUT2D eigenvalue weighted by Crippen LogP contribution is 2.20. The number of nitrogens with two attached hydrogens (primary N) is 1. The van der Waals surface area contributed by atoms with E-state index < -0.39 is 5.91 Å². The lowest BCUT2D eigenvalue weighted by molar-refractivity contribution is -0.119. The molecule has 2 N–H and O–H groups in total. The second-order valence-electron chi connectivity index (χ2n) is 6.83. The second kappa shape index (κ2) is 9.48. The van der Waals surface area contributed by atoms with E-state index in [9.17, 15) is 9.18 Å². The summed E-state index contributed by atoms with van der Waals surface area (Å²) >= 11 is 0. The molecule has 6 heteroatoms. The van der Waals surface area contributed by atoms with E-state index in [4.69, 9.17) is 15.2 Å². The summed E-state index contributed by atoms with van der Waals surface area (Å²) in [6.45, 7) is 2.88. The Kier molecular flexibility index (Phi) is 6.79. The number of carbonyl (C=O) groups excluding carboxylic acids is 1. The van der Waals surface area contributed by atoms with E-state index in [1.54, 1.807) is 6.07 Å². The van der Waals surface area contributed by atoms with Gasteiger partial charge in [-0.2, -0.15) is 0 Å². The van der Waals surface area contributed by atoms with Crippen LogP contribution in [0.5, 0.6) is 5.75 Å². The molecule has 0 saturated carbocycles. The summed E-state index contributed by atoms with van der Waals surface area (Å²) < 4.78 is 24.4. The molecule has 2 aromatic rings. The zero-order valence-corrected chi connectivity index (χ0v) is 15.3. The van der Waals surface area contributed by atoms with Crippen LogP contribution in [0.4, 0.5) is 4.39 Å². The molecule has 1 aliphatic heterocycles. The first-order valence-electron chi connectivity index (χ1n) is 9.17. The fourth-order valence-electron chi connectivity index (χ4n) is 3.26. The molecule has 0 aromatic heterocycles. The van der Waals surface area contributed by atoms with Gasteiger partial charge in [0.25, 0.3) is 5.91 Å². The van der Waals surface area contributed by atoms with Crippen LogP contribution >= 0.6 is 0 Å². The van der Waals surface area contributed by atoms with E-state index >= 15 is 0 Å². The van der Waals surface area contributed by atoms with Crippen LogP contribution in [0.1, 0.15) is 24.0 Å². The standard InChI is InChI=1S/C21H25FN2O3/c22-18-8-6-16(7-9-18)12-24(14-20-5-2-10-26-20)13-17-3-1-4-19(11-17)27-15-21(23)25/h1,3-4,6-9,11,20H,2,5,10,12-15H2,(H2,23,25). The summed E-state index contributed by atoms with van der Waals surface area (Å²) in [4.78, 5) is 13.2. The van der Waals surface area contributed by atoms with Crippen molar-refractivity contribution in [1.29, 1.82) is 0 Å². The maximum atomic E-state index is 13.2.